The molecule has 0 radical (unpaired) electrons. The fraction of sp³-hybridized carbons (Fsp3) is 0.846. The molecule has 2 rings (SSSR count). The van der Waals surface area contributed by atoms with Crippen LogP contribution in [0.2, 0.25) is 0 Å². The first kappa shape index (κ1) is 12.6. The Bertz CT molecular complexity index is 354. The minimum Gasteiger partial charge on any atom is -0.312 e. The molecule has 0 saturated carbocycles. The maximum absolute atomic E-state index is 4.45. The van der Waals surface area contributed by atoms with Gasteiger partial charge >= 0.3 is 0 Å². The van der Waals surface area contributed by atoms with Crippen molar-refractivity contribution in [2.45, 2.75) is 65.0 Å². The van der Waals surface area contributed by atoms with Gasteiger partial charge in [-0.2, -0.15) is 0 Å². The van der Waals surface area contributed by atoms with Crippen molar-refractivity contribution >= 4 is 0 Å². The van der Waals surface area contributed by atoms with E-state index in [0.717, 1.165) is 38.2 Å². The van der Waals surface area contributed by atoms with E-state index in [1.165, 1.54) is 12.2 Å². The Morgan fingerprint density at radius 1 is 1.29 bits per heavy atom. The van der Waals surface area contributed by atoms with Crippen molar-refractivity contribution in [1.29, 1.82) is 0 Å². The van der Waals surface area contributed by atoms with Crippen LogP contribution in [0.15, 0.2) is 0 Å². The van der Waals surface area contributed by atoms with Crippen LogP contribution in [-0.4, -0.2) is 21.3 Å². The van der Waals surface area contributed by atoms with Gasteiger partial charge in [0.2, 0.25) is 0 Å². The molecule has 4 heteroatoms. The third kappa shape index (κ3) is 2.37. The molecule has 1 aliphatic heterocycles. The van der Waals surface area contributed by atoms with E-state index in [2.05, 4.69) is 40.9 Å². The first-order valence-corrected chi connectivity index (χ1v) is 6.98. The first-order chi connectivity index (χ1) is 8.31. The first-order valence-electron chi connectivity index (χ1n) is 6.98. The van der Waals surface area contributed by atoms with E-state index in [4.69, 9.17) is 0 Å². The predicted molar refractivity (Wildman–Crippen MR) is 69.0 cm³/mol. The fourth-order valence-electron chi connectivity index (χ4n) is 2.73. The number of fused-ring (bicyclic) bond motifs is 1. The molecule has 96 valence electrons. The van der Waals surface area contributed by atoms with Crippen LogP contribution in [0.4, 0.5) is 0 Å². The van der Waals surface area contributed by atoms with E-state index in [-0.39, 0.29) is 0 Å². The van der Waals surface area contributed by atoms with Gasteiger partial charge in [-0.3, -0.25) is 0 Å². The molecule has 0 fully saturated rings. The molecular weight excluding hydrogens is 212 g/mol. The van der Waals surface area contributed by atoms with Gasteiger partial charge in [0, 0.05) is 19.0 Å². The molecule has 0 aliphatic carbocycles. The molecule has 17 heavy (non-hydrogen) atoms. The van der Waals surface area contributed by atoms with E-state index in [1.54, 1.807) is 0 Å². The van der Waals surface area contributed by atoms with Crippen LogP contribution in [0.1, 0.15) is 70.1 Å². The highest BCUT2D eigenvalue weighted by atomic mass is 15.3. The van der Waals surface area contributed by atoms with E-state index >= 15 is 0 Å². The van der Waals surface area contributed by atoms with Gasteiger partial charge in [0.1, 0.15) is 11.6 Å². The maximum Gasteiger partial charge on any atom is 0.150 e. The standard InChI is InChI=1S/C13H24N4/c1-4-7-11-13-16-15-12(10(5-2)6-3)17(13)9-8-14-11/h10-11,14H,4-9H2,1-3H3. The summed E-state index contributed by atoms with van der Waals surface area (Å²) >= 11 is 0. The zero-order chi connectivity index (χ0) is 12.3. The summed E-state index contributed by atoms with van der Waals surface area (Å²) in [5.41, 5.74) is 0. The molecule has 1 unspecified atom stereocenters. The molecule has 1 atom stereocenters. The topological polar surface area (TPSA) is 42.7 Å². The number of nitrogens with one attached hydrogen (secondary N) is 1. The Labute approximate surface area is 104 Å². The average molecular weight is 236 g/mol. The van der Waals surface area contributed by atoms with Gasteiger partial charge in [-0.25, -0.2) is 0 Å². The highest BCUT2D eigenvalue weighted by molar-refractivity contribution is 5.08. The summed E-state index contributed by atoms with van der Waals surface area (Å²) in [7, 11) is 0. The van der Waals surface area contributed by atoms with E-state index < -0.39 is 0 Å². The summed E-state index contributed by atoms with van der Waals surface area (Å²) in [6.45, 7) is 8.76. The van der Waals surface area contributed by atoms with Crippen molar-refractivity contribution in [3.63, 3.8) is 0 Å². The number of rotatable bonds is 5. The number of hydrogen-bond donors (Lipinski definition) is 1. The van der Waals surface area contributed by atoms with Gasteiger partial charge in [-0.1, -0.05) is 27.2 Å². The molecule has 2 heterocycles. The fourth-order valence-corrected chi connectivity index (χ4v) is 2.73. The highest BCUT2D eigenvalue weighted by Crippen LogP contribution is 2.27. The highest BCUT2D eigenvalue weighted by Gasteiger charge is 2.26. The Hall–Kier alpha value is -0.900. The Morgan fingerprint density at radius 2 is 2.06 bits per heavy atom. The van der Waals surface area contributed by atoms with Crippen LogP contribution >= 0.6 is 0 Å². The second-order valence-electron chi connectivity index (χ2n) is 4.88. The normalized spacial score (nSPS) is 19.6. The third-order valence-corrected chi connectivity index (χ3v) is 3.77. The molecule has 1 N–H and O–H groups in total. The minimum atomic E-state index is 0.407. The van der Waals surface area contributed by atoms with Crippen LogP contribution in [-0.2, 0) is 6.54 Å². The molecule has 1 aromatic rings. The minimum absolute atomic E-state index is 0.407. The largest absolute Gasteiger partial charge is 0.312 e. The van der Waals surface area contributed by atoms with Crippen molar-refractivity contribution in [3.8, 4) is 0 Å². The zero-order valence-electron chi connectivity index (χ0n) is 11.2. The van der Waals surface area contributed by atoms with E-state index in [0.29, 0.717) is 12.0 Å². The van der Waals surface area contributed by atoms with Crippen LogP contribution in [0.25, 0.3) is 0 Å². The zero-order valence-corrected chi connectivity index (χ0v) is 11.2. The summed E-state index contributed by atoms with van der Waals surface area (Å²) in [6.07, 6.45) is 4.65. The molecule has 1 aromatic heterocycles. The quantitative estimate of drug-likeness (QED) is 0.854. The lowest BCUT2D eigenvalue weighted by atomic mass is 10.0. The summed E-state index contributed by atoms with van der Waals surface area (Å²) < 4.78 is 2.36. The Balaban J connectivity index is 2.27. The summed E-state index contributed by atoms with van der Waals surface area (Å²) in [5, 5.41) is 12.4. The molecule has 1 aliphatic rings. The molecule has 0 amide bonds. The SMILES string of the molecule is CCCC1NCCn2c(C(CC)CC)nnc21. The van der Waals surface area contributed by atoms with Crippen molar-refractivity contribution < 1.29 is 0 Å². The van der Waals surface area contributed by atoms with Crippen molar-refractivity contribution in [2.75, 3.05) is 6.54 Å². The molecule has 0 saturated heterocycles. The molecule has 0 aromatic carbocycles. The van der Waals surface area contributed by atoms with Crippen LogP contribution in [0.3, 0.4) is 0 Å². The van der Waals surface area contributed by atoms with Gasteiger partial charge in [-0.05, 0) is 19.3 Å². The van der Waals surface area contributed by atoms with Gasteiger partial charge in [0.05, 0.1) is 6.04 Å². The van der Waals surface area contributed by atoms with Crippen LogP contribution < -0.4 is 5.32 Å². The van der Waals surface area contributed by atoms with Crippen LogP contribution in [0, 0.1) is 0 Å². The number of aromatic nitrogens is 3. The predicted octanol–water partition coefficient (Wildman–Crippen LogP) is 2.63. The van der Waals surface area contributed by atoms with Gasteiger partial charge in [0.25, 0.3) is 0 Å². The second kappa shape index (κ2) is 5.63. The third-order valence-electron chi connectivity index (χ3n) is 3.77. The Morgan fingerprint density at radius 3 is 2.71 bits per heavy atom. The maximum atomic E-state index is 4.45. The van der Waals surface area contributed by atoms with Crippen molar-refractivity contribution in [2.24, 2.45) is 0 Å². The molecule has 0 spiro atoms. The lowest BCUT2D eigenvalue weighted by molar-refractivity contribution is 0.382. The molecule has 0 bridgehead atoms. The van der Waals surface area contributed by atoms with E-state index in [9.17, 15) is 0 Å². The smallest absolute Gasteiger partial charge is 0.150 e. The summed E-state index contributed by atoms with van der Waals surface area (Å²) in [6, 6.07) is 0.407. The average Bonchev–Trinajstić information content (AvgIpc) is 2.77. The van der Waals surface area contributed by atoms with Crippen molar-refractivity contribution in [3.05, 3.63) is 11.6 Å². The van der Waals surface area contributed by atoms with Gasteiger partial charge in [0.15, 0.2) is 0 Å². The summed E-state index contributed by atoms with van der Waals surface area (Å²) in [5.74, 6) is 2.92. The van der Waals surface area contributed by atoms with Gasteiger partial charge in [-0.15, -0.1) is 10.2 Å². The lowest BCUT2D eigenvalue weighted by Crippen LogP contribution is -2.34. The van der Waals surface area contributed by atoms with Crippen molar-refractivity contribution in [1.82, 2.24) is 20.1 Å². The molecule has 4 nitrogen and oxygen atoms in total. The van der Waals surface area contributed by atoms with E-state index in [1.807, 2.05) is 0 Å². The van der Waals surface area contributed by atoms with Gasteiger partial charge < -0.3 is 9.88 Å². The van der Waals surface area contributed by atoms with Crippen LogP contribution in [0.5, 0.6) is 0 Å². The monoisotopic (exact) mass is 236 g/mol. The second-order valence-corrected chi connectivity index (χ2v) is 4.88. The lowest BCUT2D eigenvalue weighted by Gasteiger charge is -2.26. The number of hydrogen-bond acceptors (Lipinski definition) is 3. The number of nitrogens with zero attached hydrogens (tertiary/aromatic N) is 3. The Kier molecular flexibility index (Phi) is 4.15. The summed E-state index contributed by atoms with van der Waals surface area (Å²) in [4.78, 5) is 0. The molecular formula is C13H24N4.